The van der Waals surface area contributed by atoms with Crippen molar-refractivity contribution in [1.29, 1.82) is 0 Å². The molecule has 0 saturated heterocycles. The summed E-state index contributed by atoms with van der Waals surface area (Å²) in [6, 6.07) is 11.6. The van der Waals surface area contributed by atoms with Gasteiger partial charge in [-0.1, -0.05) is 12.6 Å². The fourth-order valence-electron chi connectivity index (χ4n) is 4.04. The highest BCUT2D eigenvalue weighted by atomic mass is 16.5. The summed E-state index contributed by atoms with van der Waals surface area (Å²) in [5.41, 5.74) is 10.6. The number of nitrogens with two attached hydrogens (primary N) is 1. The number of hydrogen-bond donors (Lipinski definition) is 2. The summed E-state index contributed by atoms with van der Waals surface area (Å²) >= 11 is 0. The number of amides is 1. The molecule has 10 nitrogen and oxygen atoms in total. The number of likely N-dealkylation sites (N-methyl/N-ethyl adjacent to an activating group) is 2. The Bertz CT molecular complexity index is 1460. The van der Waals surface area contributed by atoms with Crippen molar-refractivity contribution in [2.45, 2.75) is 0 Å². The Morgan fingerprint density at radius 3 is 2.62 bits per heavy atom. The maximum absolute atomic E-state index is 12.1. The summed E-state index contributed by atoms with van der Waals surface area (Å²) in [6.07, 6.45) is 3.33. The first-order valence-electron chi connectivity index (χ1n) is 11.8. The van der Waals surface area contributed by atoms with Crippen LogP contribution >= 0.6 is 0 Å². The molecule has 0 aliphatic carbocycles. The molecular weight excluding hydrogens is 468 g/mol. The van der Waals surface area contributed by atoms with Crippen LogP contribution in [0.5, 0.6) is 5.75 Å². The van der Waals surface area contributed by atoms with Crippen molar-refractivity contribution in [2.24, 2.45) is 12.8 Å². The number of benzene rings is 2. The third-order valence-corrected chi connectivity index (χ3v) is 6.21. The first kappa shape index (κ1) is 25.6. The van der Waals surface area contributed by atoms with Gasteiger partial charge in [-0.2, -0.15) is 5.10 Å². The van der Waals surface area contributed by atoms with Crippen LogP contribution in [0.1, 0.15) is 5.56 Å². The van der Waals surface area contributed by atoms with Gasteiger partial charge in [0.15, 0.2) is 0 Å². The molecule has 0 spiro atoms. The molecule has 0 bridgehead atoms. The van der Waals surface area contributed by atoms with E-state index < -0.39 is 5.91 Å². The highest BCUT2D eigenvalue weighted by Crippen LogP contribution is 2.38. The summed E-state index contributed by atoms with van der Waals surface area (Å²) in [4.78, 5) is 25.1. The molecular formula is C27H32N8O2. The van der Waals surface area contributed by atoms with Crippen LogP contribution in [0.2, 0.25) is 0 Å². The van der Waals surface area contributed by atoms with E-state index in [2.05, 4.69) is 31.9 Å². The standard InChI is InChI=1S/C27H32N8O2/c1-17(27(28)36)20-12-22(25(37-6)14-24(20)34(4)10-9-33(2)3)32-26-13-21(29-16-30-26)18-7-8-23-19(11-18)15-31-35(23)5/h7-8,11-16H,1,9-10H2,2-6H3,(H2,28,36)(H,29,30,32). The quantitative estimate of drug-likeness (QED) is 0.319. The van der Waals surface area contributed by atoms with Gasteiger partial charge < -0.3 is 25.6 Å². The average molecular weight is 501 g/mol. The molecule has 2 aromatic heterocycles. The monoisotopic (exact) mass is 500 g/mol. The number of nitrogens with zero attached hydrogens (tertiary/aromatic N) is 6. The molecule has 2 heterocycles. The minimum atomic E-state index is -0.589. The van der Waals surface area contributed by atoms with Crippen LogP contribution < -0.4 is 20.7 Å². The zero-order valence-corrected chi connectivity index (χ0v) is 21.8. The number of methoxy groups -OCH3 is 1. The molecule has 4 aromatic rings. The zero-order valence-electron chi connectivity index (χ0n) is 21.8. The van der Waals surface area contributed by atoms with E-state index in [-0.39, 0.29) is 5.57 Å². The SMILES string of the molecule is C=C(C(N)=O)c1cc(Nc2cc(-c3ccc4c(cnn4C)c3)ncn2)c(OC)cc1N(C)CCN(C)C. The molecule has 0 saturated carbocycles. The molecule has 0 radical (unpaired) electrons. The third kappa shape index (κ3) is 5.54. The molecule has 192 valence electrons. The smallest absolute Gasteiger partial charge is 0.248 e. The van der Waals surface area contributed by atoms with Gasteiger partial charge in [0.1, 0.15) is 17.9 Å². The number of carbonyl (C=O) groups excluding carboxylic acids is 1. The maximum Gasteiger partial charge on any atom is 0.248 e. The van der Waals surface area contributed by atoms with Crippen molar-refractivity contribution in [3.8, 4) is 17.0 Å². The summed E-state index contributed by atoms with van der Waals surface area (Å²) < 4.78 is 7.53. The van der Waals surface area contributed by atoms with E-state index in [9.17, 15) is 4.79 Å². The van der Waals surface area contributed by atoms with E-state index in [1.165, 1.54) is 6.33 Å². The molecule has 3 N–H and O–H groups in total. The second-order valence-corrected chi connectivity index (χ2v) is 9.09. The van der Waals surface area contributed by atoms with Crippen LogP contribution in [-0.4, -0.2) is 71.9 Å². The number of nitrogens with one attached hydrogen (secondary N) is 1. The number of carbonyl (C=O) groups is 1. The number of aryl methyl sites for hydroxylation is 1. The van der Waals surface area contributed by atoms with Gasteiger partial charge in [0.05, 0.1) is 30.2 Å². The Balaban J connectivity index is 1.70. The summed E-state index contributed by atoms with van der Waals surface area (Å²) in [5, 5.41) is 8.65. The van der Waals surface area contributed by atoms with E-state index in [1.807, 2.05) is 80.4 Å². The number of hydrogen-bond acceptors (Lipinski definition) is 8. The van der Waals surface area contributed by atoms with Crippen LogP contribution in [0.3, 0.4) is 0 Å². The minimum Gasteiger partial charge on any atom is -0.494 e. The second kappa shape index (κ2) is 10.7. The summed E-state index contributed by atoms with van der Waals surface area (Å²) in [6.45, 7) is 5.50. The largest absolute Gasteiger partial charge is 0.494 e. The number of fused-ring (bicyclic) bond motifs is 1. The van der Waals surface area contributed by atoms with Crippen molar-refractivity contribution in [3.63, 3.8) is 0 Å². The number of rotatable bonds is 10. The average Bonchev–Trinajstić information content (AvgIpc) is 3.26. The van der Waals surface area contributed by atoms with Crippen molar-refractivity contribution in [2.75, 3.05) is 51.6 Å². The van der Waals surface area contributed by atoms with Gasteiger partial charge in [0.2, 0.25) is 5.91 Å². The molecule has 1 amide bonds. The van der Waals surface area contributed by atoms with Gasteiger partial charge in [0.25, 0.3) is 0 Å². The van der Waals surface area contributed by atoms with Crippen LogP contribution in [0.25, 0.3) is 27.7 Å². The van der Waals surface area contributed by atoms with E-state index in [0.29, 0.717) is 22.8 Å². The molecule has 37 heavy (non-hydrogen) atoms. The van der Waals surface area contributed by atoms with Crippen molar-refractivity contribution < 1.29 is 9.53 Å². The number of aromatic nitrogens is 4. The van der Waals surface area contributed by atoms with Gasteiger partial charge in [-0.15, -0.1) is 0 Å². The predicted molar refractivity (Wildman–Crippen MR) is 148 cm³/mol. The summed E-state index contributed by atoms with van der Waals surface area (Å²) in [5.74, 6) is 0.567. The molecule has 0 fully saturated rings. The van der Waals surface area contributed by atoms with Crippen LogP contribution in [-0.2, 0) is 11.8 Å². The first-order chi connectivity index (χ1) is 17.7. The number of ether oxygens (including phenoxy) is 1. The fourth-order valence-corrected chi connectivity index (χ4v) is 4.04. The highest BCUT2D eigenvalue weighted by Gasteiger charge is 2.19. The molecule has 2 aromatic carbocycles. The molecule has 0 atom stereocenters. The summed E-state index contributed by atoms with van der Waals surface area (Å²) in [7, 11) is 9.49. The Kier molecular flexibility index (Phi) is 7.40. The van der Waals surface area contributed by atoms with Gasteiger partial charge >= 0.3 is 0 Å². The van der Waals surface area contributed by atoms with E-state index in [4.69, 9.17) is 10.5 Å². The van der Waals surface area contributed by atoms with Gasteiger partial charge in [-0.05, 0) is 32.3 Å². The Morgan fingerprint density at radius 2 is 1.92 bits per heavy atom. The topological polar surface area (TPSA) is 114 Å². The Morgan fingerprint density at radius 1 is 1.14 bits per heavy atom. The van der Waals surface area contributed by atoms with Gasteiger partial charge in [0, 0.05) is 67.1 Å². The molecule has 0 unspecified atom stereocenters. The number of primary amides is 1. The highest BCUT2D eigenvalue weighted by molar-refractivity contribution is 6.19. The minimum absolute atomic E-state index is 0.213. The van der Waals surface area contributed by atoms with Crippen LogP contribution in [0.15, 0.2) is 55.5 Å². The predicted octanol–water partition coefficient (Wildman–Crippen LogP) is 3.28. The van der Waals surface area contributed by atoms with Gasteiger partial charge in [-0.25, -0.2) is 9.97 Å². The van der Waals surface area contributed by atoms with Crippen LogP contribution in [0.4, 0.5) is 17.2 Å². The van der Waals surface area contributed by atoms with Crippen LogP contribution in [0, 0.1) is 0 Å². The normalized spacial score (nSPS) is 11.1. The van der Waals surface area contributed by atoms with Crippen molar-refractivity contribution in [3.05, 3.63) is 61.1 Å². The lowest BCUT2D eigenvalue weighted by molar-refractivity contribution is -0.112. The van der Waals surface area contributed by atoms with E-state index in [1.54, 1.807) is 7.11 Å². The lowest BCUT2D eigenvalue weighted by atomic mass is 10.0. The van der Waals surface area contributed by atoms with Gasteiger partial charge in [-0.3, -0.25) is 9.48 Å². The Labute approximate surface area is 216 Å². The molecule has 0 aliphatic heterocycles. The molecule has 10 heteroatoms. The lowest BCUT2D eigenvalue weighted by Crippen LogP contribution is -2.29. The number of anilines is 3. The molecule has 4 rings (SSSR count). The Hall–Kier alpha value is -4.44. The lowest BCUT2D eigenvalue weighted by Gasteiger charge is -2.26. The third-order valence-electron chi connectivity index (χ3n) is 6.21. The van der Waals surface area contributed by atoms with E-state index >= 15 is 0 Å². The fraction of sp³-hybridized carbons (Fsp3) is 0.259. The molecule has 0 aliphatic rings. The van der Waals surface area contributed by atoms with E-state index in [0.717, 1.165) is 40.9 Å². The zero-order chi connectivity index (χ0) is 26.7. The second-order valence-electron chi connectivity index (χ2n) is 9.09. The first-order valence-corrected chi connectivity index (χ1v) is 11.8. The van der Waals surface area contributed by atoms with Crippen molar-refractivity contribution in [1.82, 2.24) is 24.6 Å². The van der Waals surface area contributed by atoms with Crippen molar-refractivity contribution >= 4 is 39.6 Å². The maximum atomic E-state index is 12.1.